The van der Waals surface area contributed by atoms with Crippen molar-refractivity contribution < 1.29 is 203 Å². The van der Waals surface area contributed by atoms with Crippen LogP contribution in [0.15, 0.2) is 84.9 Å². The number of aliphatic hydroxyl groups excluding tert-OH is 3. The Bertz CT molecular complexity index is 2780. The van der Waals surface area contributed by atoms with E-state index in [0.717, 1.165) is 16.7 Å². The fourth-order valence-electron chi connectivity index (χ4n) is 8.65. The Labute approximate surface area is 569 Å². The quantitative estimate of drug-likeness (QED) is 0.0549. The zero-order valence-electron chi connectivity index (χ0n) is 123. The molecule has 4 aromatic carbocycles. The van der Waals surface area contributed by atoms with E-state index >= 15 is 0 Å². The van der Waals surface area contributed by atoms with Gasteiger partial charge < -0.3 is 63.8 Å². The highest BCUT2D eigenvalue weighted by atomic mass is 19.1. The lowest BCUT2D eigenvalue weighted by atomic mass is 9.88. The molecule has 3 fully saturated rings. The summed E-state index contributed by atoms with van der Waals surface area (Å²) >= 11 is 0. The maximum absolute atomic E-state index is 13.9. The molecule has 3 heterocycles. The van der Waals surface area contributed by atoms with Gasteiger partial charge >= 0.3 is 17.9 Å². The zero-order chi connectivity index (χ0) is 135. The van der Waals surface area contributed by atoms with Crippen molar-refractivity contribution in [2.24, 2.45) is 23.7 Å². The Morgan fingerprint density at radius 3 is 1.40 bits per heavy atom. The summed E-state index contributed by atoms with van der Waals surface area (Å²) in [5, 5.41) is 34.9. The van der Waals surface area contributed by atoms with Crippen molar-refractivity contribution in [2.75, 3.05) is 32.9 Å². The lowest BCUT2D eigenvalue weighted by Gasteiger charge is -2.39. The van der Waals surface area contributed by atoms with Crippen LogP contribution in [0.2, 0.25) is 0 Å². The van der Waals surface area contributed by atoms with E-state index in [9.17, 15) is 48.1 Å². The zero-order valence-corrected chi connectivity index (χ0v) is 44.9. The minimum atomic E-state index is -1.42. The molecule has 7 rings (SSSR count). The molecule has 0 radical (unpaired) electrons. The standard InChI is InChI=1S/C25H30FNO5.C21H24FNO6.C11H18O5.40H2/c1-15-14-30-25(24(16(15)2)31-18(4)29)32-22-9-8-19(10-11-27-17(3)28)23(13-22)20-6-5-7-21(26)12-20;1-12(24)23-8-7-13-5-6-16(10-17(13)14-3-2-4-15(22)9-14)29-21-20(27)19(26)18(25)11-28-21;1-6-5-14-11(16-9(4)13)10(7(6)2)15-8(3)12;;;;;;;;;;;;;;;;;;;;;;;;;;;;;;;;;;;;;;;;/h5-9,12-13,15-16,24-25H,10-11,14H2,1-4H3,(H,27,28);2-6,9-10,18-21,25-27H,7-8,11H2,1H3,(H,23,24);6-7,10-11H,5H2,1-4H3;40*1H/t15-,16+,24+,25?;18-,19+,20+,21?;6-,7+,10+,11?;;;;;;;;;;;;;;;;;;;;;;;;;;;;;;;;;;;;;;;;/m111......................................../s1/i;;;39*1+2T;1+2. The Kier molecular flexibility index (Phi) is 10.0. The summed E-state index contributed by atoms with van der Waals surface area (Å²) in [5.74, 6) is -0.671. The van der Waals surface area contributed by atoms with E-state index in [1.165, 1.54) is 58.9 Å². The molecule has 12 atom stereocenters. The molecule has 4 aromatic rings. The van der Waals surface area contributed by atoms with E-state index < -0.39 is 61.3 Å². The first-order valence-corrected chi connectivity index (χ1v) is 25.5. The third-order valence-electron chi connectivity index (χ3n) is 13.2. The summed E-state index contributed by atoms with van der Waals surface area (Å²) in [6.45, 7) is 16.6. The van der Waals surface area contributed by atoms with E-state index in [0.29, 0.717) is 67.3 Å². The van der Waals surface area contributed by atoms with Crippen molar-refractivity contribution in [1.82, 2.24) is 10.6 Å². The van der Waals surface area contributed by atoms with Crippen molar-refractivity contribution in [1.29, 1.82) is 0 Å². The number of halogens is 2. The summed E-state index contributed by atoms with van der Waals surface area (Å²) in [7, 11) is 0. The first kappa shape index (κ1) is 26.4. The van der Waals surface area contributed by atoms with Crippen LogP contribution in [0.1, 0.15) is 191 Å². The number of carbonyl (C=O) groups excluding carboxylic acids is 5. The van der Waals surface area contributed by atoms with Crippen LogP contribution in [-0.4, -0.2) is 127 Å². The Morgan fingerprint density at radius 1 is 0.558 bits per heavy atom. The lowest BCUT2D eigenvalue weighted by Crippen LogP contribution is -2.54. The van der Waals surface area contributed by atoms with Gasteiger partial charge in [0.1, 0.15) is 41.4 Å². The van der Waals surface area contributed by atoms with Gasteiger partial charge in [-0.15, -0.1) is 0 Å². The summed E-state index contributed by atoms with van der Waals surface area (Å²) in [5.41, 5.74) is 4.66. The molecule has 0 saturated carbocycles. The van der Waals surface area contributed by atoms with E-state index in [2.05, 4.69) is 10.6 Å². The second-order valence-corrected chi connectivity index (χ2v) is 19.4. The third kappa shape index (κ3) is 18.6. The fourth-order valence-corrected chi connectivity index (χ4v) is 8.65. The second kappa shape index (κ2) is 29.3. The maximum atomic E-state index is 13.9. The minimum absolute atomic E-state index is 0. The Morgan fingerprint density at radius 2 is 0.974 bits per heavy atom. The van der Waals surface area contributed by atoms with Crippen molar-refractivity contribution in [2.45, 2.75) is 125 Å². The van der Waals surface area contributed by atoms with Crippen molar-refractivity contribution in [3.8, 4) is 33.8 Å². The molecule has 0 bridgehead atoms. The molecule has 3 aliphatic heterocycles. The molecule has 0 spiro atoms. The number of nitrogens with one attached hydrogen (secondary N) is 2. The van der Waals surface area contributed by atoms with Gasteiger partial charge in [-0.05, 0) is 107 Å². The Hall–Kier alpha value is -6.55. The number of rotatable bonds is 15. The number of hydrogen-bond donors (Lipinski definition) is 5. The fraction of sp³-hybridized carbons (Fsp3) is 0.491. The summed E-state index contributed by atoms with van der Waals surface area (Å²) in [4.78, 5) is 55.9. The van der Waals surface area contributed by atoms with Gasteiger partial charge in [0.05, 0.1) is 19.8 Å². The molecule has 0 aliphatic carbocycles. The number of ether oxygens (including phenoxy) is 8. The van der Waals surface area contributed by atoms with Crippen LogP contribution in [-0.2, 0) is 65.2 Å². The third-order valence-corrected chi connectivity index (χ3v) is 13.2. The van der Waals surface area contributed by atoms with Gasteiger partial charge in [0.25, 0.3) is 0 Å². The molecule has 77 heavy (non-hydrogen) atoms. The first-order valence-electron chi connectivity index (χ1n) is 64.5. The number of benzene rings is 4. The second-order valence-electron chi connectivity index (χ2n) is 19.4. The molecule has 3 saturated heterocycles. The van der Waals surface area contributed by atoms with Crippen LogP contribution in [0, 0.1) is 35.3 Å². The van der Waals surface area contributed by atoms with Crippen LogP contribution < -0.4 is 20.1 Å². The number of esters is 3. The van der Waals surface area contributed by atoms with E-state index in [1.54, 1.807) is 36.4 Å². The smallest absolute Gasteiger partial charge is 0.305 e. The predicted octanol–water partition coefficient (Wildman–Crippen LogP) is 16.0. The normalized spacial score (nSPS) is 29.7. The van der Waals surface area contributed by atoms with Gasteiger partial charge in [-0.3, -0.25) is 24.0 Å². The van der Waals surface area contributed by atoms with Crippen molar-refractivity contribution in [3.63, 3.8) is 0 Å². The average Bonchev–Trinajstić information content (AvgIpc) is 0.791. The summed E-state index contributed by atoms with van der Waals surface area (Å²) in [6.07, 6.45) is -6.62. The van der Waals surface area contributed by atoms with Gasteiger partial charge in [-0.25, -0.2) is 8.78 Å². The molecule has 0 aromatic heterocycles. The maximum Gasteiger partial charge on any atom is 0.305 e. The molecule has 5 N–H and O–H groups in total. The molecule has 3 unspecified atom stereocenters. The van der Waals surface area contributed by atoms with Gasteiger partial charge in [0.2, 0.25) is 30.7 Å². The molecule has 18 nitrogen and oxygen atoms in total. The molecule has 3 aliphatic rings. The van der Waals surface area contributed by atoms with Crippen LogP contribution in [0.4, 0.5) is 8.78 Å². The highest BCUT2D eigenvalue weighted by Crippen LogP contribution is 2.35. The first-order chi connectivity index (χ1) is 75.5. The van der Waals surface area contributed by atoms with E-state index in [4.69, 9.17) is 154 Å². The number of amides is 2. The molecule has 500 valence electrons. The van der Waals surface area contributed by atoms with Gasteiger partial charge in [0.15, 0.2) is 12.2 Å². The SMILES string of the molecule is CC(=O)NCCc1ccc(OC2OC[C@@H](C)[C@H](C)[C@@H]2OC(C)=O)cc1-c1cccc(F)c1.CC(=O)NCCc1ccc(OC2OC[C@@H](O)[C@H](O)[C@@H]2O)cc1-c1cccc(F)c1.CC(=O)OC1OC[C@@H](C)[C@H](C)[C@@H]1OC(C)=O.[3HH].[3H][3H].[3H][3H].[3H][3H].[3H][3H].[3H][3H].[3H][3H].[3H][3H].[3H][3H].[3H][3H].[3H][3H].[3H][3H].[3H][3H].[3H][3H].[3H][3H].[3H][3H].[3H][3H].[3H][3H].[3H][3H].[3H][3H].[3H][3H].[3H][3H].[3H][3H].[3H][3H].[3H][3H].[3H][3H].[3H][3H].[3H][3H].[3H][3H].[3H][3H].[3H][3H].[3H][3H].[3H][3H].[3H][3H].[3H][3H].[3H][3H].[3H][3H].[3H][3H].[3H][3H].[3H][3H]. The van der Waals surface area contributed by atoms with Gasteiger partial charge in [-0.2, -0.15) is 0 Å². The highest BCUT2D eigenvalue weighted by molar-refractivity contribution is 5.74. The number of aliphatic hydroxyl groups is 3. The monoisotopic (exact) mass is 1320 g/mol. The summed E-state index contributed by atoms with van der Waals surface area (Å²) in [6, 6.07) is 23.1. The number of hydrogen-bond acceptors (Lipinski definition) is 16. The topological polar surface area (TPSA) is 244 Å². The largest absolute Gasteiger partial charge is 0.462 e. The molecular formula is C57H152F2N2O16. The summed E-state index contributed by atoms with van der Waals surface area (Å²) < 4.78 is 462. The van der Waals surface area contributed by atoms with Crippen molar-refractivity contribution in [3.05, 3.63) is 108 Å². The Balaban J connectivity index is -0.0000000313. The molecule has 20 heteroatoms. The predicted molar refractivity (Wildman–Crippen MR) is 361 cm³/mol. The van der Waals surface area contributed by atoms with Crippen LogP contribution in [0.25, 0.3) is 22.3 Å². The van der Waals surface area contributed by atoms with Gasteiger partial charge in [0, 0.05) is 177 Å². The lowest BCUT2D eigenvalue weighted by molar-refractivity contribution is -0.244. The van der Waals surface area contributed by atoms with E-state index in [-0.39, 0.29) is 61.1 Å². The van der Waals surface area contributed by atoms with Crippen LogP contribution in [0.5, 0.6) is 11.5 Å². The molecule has 2 amide bonds. The van der Waals surface area contributed by atoms with Crippen LogP contribution in [0.3, 0.4) is 0 Å². The van der Waals surface area contributed by atoms with Gasteiger partial charge in [-0.1, -0.05) is 64.1 Å². The van der Waals surface area contributed by atoms with Crippen molar-refractivity contribution >= 4 is 29.7 Å². The molecular weight excluding hydrogens is 1010 g/mol. The average molecular weight is 1320 g/mol. The minimum Gasteiger partial charge on any atom is -0.462 e. The van der Waals surface area contributed by atoms with Crippen LogP contribution >= 0.6 is 0 Å². The van der Waals surface area contributed by atoms with E-state index in [1.807, 2.05) is 52.0 Å². The number of carbonyl (C=O) groups is 5. The highest BCUT2D eigenvalue weighted by Gasteiger charge is 2.42.